The standard InChI is InChI=1S/C12H12ClFO5S/c13-7-4-9(12(15)16)11(14)10(5-7)20(17,18)8-2-1-3-19-6-8/h4-5,8H,1-3,6H2,(H,15,16). The van der Waals surface area contributed by atoms with E-state index in [1.807, 2.05) is 0 Å². The first kappa shape index (κ1) is 15.2. The van der Waals surface area contributed by atoms with E-state index in [4.69, 9.17) is 21.4 Å². The van der Waals surface area contributed by atoms with Crippen LogP contribution in [0.5, 0.6) is 0 Å². The summed E-state index contributed by atoms with van der Waals surface area (Å²) in [7, 11) is -4.02. The van der Waals surface area contributed by atoms with Gasteiger partial charge < -0.3 is 9.84 Å². The molecule has 110 valence electrons. The van der Waals surface area contributed by atoms with Gasteiger partial charge in [-0.2, -0.15) is 0 Å². The molecule has 0 aliphatic carbocycles. The molecule has 1 atom stereocenters. The highest BCUT2D eigenvalue weighted by Crippen LogP contribution is 2.29. The predicted octanol–water partition coefficient (Wildman–Crippen LogP) is 2.13. The van der Waals surface area contributed by atoms with Crippen molar-refractivity contribution in [1.82, 2.24) is 0 Å². The Hall–Kier alpha value is -1.18. The molecule has 0 amide bonds. The summed E-state index contributed by atoms with van der Waals surface area (Å²) in [6, 6.07) is 1.82. The summed E-state index contributed by atoms with van der Waals surface area (Å²) in [5.74, 6) is -2.85. The molecule has 8 heteroatoms. The minimum Gasteiger partial charge on any atom is -0.478 e. The Morgan fingerprint density at radius 1 is 1.45 bits per heavy atom. The summed E-state index contributed by atoms with van der Waals surface area (Å²) in [6.07, 6.45) is 0.897. The van der Waals surface area contributed by atoms with Crippen molar-refractivity contribution in [1.29, 1.82) is 0 Å². The molecule has 1 unspecified atom stereocenters. The smallest absolute Gasteiger partial charge is 0.338 e. The van der Waals surface area contributed by atoms with Gasteiger partial charge in [-0.3, -0.25) is 0 Å². The van der Waals surface area contributed by atoms with Gasteiger partial charge in [-0.1, -0.05) is 11.6 Å². The van der Waals surface area contributed by atoms with Crippen molar-refractivity contribution in [3.8, 4) is 0 Å². The lowest BCUT2D eigenvalue weighted by atomic mass is 10.2. The summed E-state index contributed by atoms with van der Waals surface area (Å²) in [5.41, 5.74) is -0.757. The quantitative estimate of drug-likeness (QED) is 0.922. The number of carbonyl (C=O) groups is 1. The van der Waals surface area contributed by atoms with E-state index < -0.39 is 37.3 Å². The number of halogens is 2. The second kappa shape index (κ2) is 5.67. The molecule has 1 heterocycles. The molecular weight excluding hydrogens is 311 g/mol. The SMILES string of the molecule is O=C(O)c1cc(Cl)cc(S(=O)(=O)C2CCCOC2)c1F. The second-order valence-corrected chi connectivity index (χ2v) is 7.09. The second-order valence-electron chi connectivity index (χ2n) is 4.45. The number of aromatic carboxylic acids is 1. The van der Waals surface area contributed by atoms with Crippen molar-refractivity contribution in [3.05, 3.63) is 28.5 Å². The lowest BCUT2D eigenvalue weighted by molar-refractivity contribution is 0.0691. The van der Waals surface area contributed by atoms with E-state index in [-0.39, 0.29) is 11.6 Å². The molecule has 0 spiro atoms. The maximum Gasteiger partial charge on any atom is 0.338 e. The van der Waals surface area contributed by atoms with Gasteiger partial charge >= 0.3 is 5.97 Å². The Labute approximate surface area is 120 Å². The molecule has 1 aromatic carbocycles. The fourth-order valence-corrected chi connectivity index (χ4v) is 4.11. The highest BCUT2D eigenvalue weighted by molar-refractivity contribution is 7.92. The number of hydrogen-bond donors (Lipinski definition) is 1. The zero-order chi connectivity index (χ0) is 14.9. The predicted molar refractivity (Wildman–Crippen MR) is 69.4 cm³/mol. The Kier molecular flexibility index (Phi) is 4.31. The molecule has 5 nitrogen and oxygen atoms in total. The van der Waals surface area contributed by atoms with E-state index in [2.05, 4.69) is 0 Å². The van der Waals surface area contributed by atoms with Gasteiger partial charge in [-0.15, -0.1) is 0 Å². The van der Waals surface area contributed by atoms with E-state index in [9.17, 15) is 17.6 Å². The molecule has 1 saturated heterocycles. The van der Waals surface area contributed by atoms with Gasteiger partial charge in [-0.25, -0.2) is 17.6 Å². The molecule has 0 saturated carbocycles. The van der Waals surface area contributed by atoms with Crippen LogP contribution in [0.1, 0.15) is 23.2 Å². The maximum absolute atomic E-state index is 14.1. The van der Waals surface area contributed by atoms with Crippen LogP contribution >= 0.6 is 11.6 Å². The van der Waals surface area contributed by atoms with Gasteiger partial charge in [-0.05, 0) is 25.0 Å². The molecule has 0 radical (unpaired) electrons. The lowest BCUT2D eigenvalue weighted by Crippen LogP contribution is -2.31. The van der Waals surface area contributed by atoms with E-state index in [1.165, 1.54) is 0 Å². The van der Waals surface area contributed by atoms with E-state index >= 15 is 0 Å². The van der Waals surface area contributed by atoms with Crippen molar-refractivity contribution in [2.45, 2.75) is 23.0 Å². The van der Waals surface area contributed by atoms with Gasteiger partial charge in [0.25, 0.3) is 0 Å². The van der Waals surface area contributed by atoms with E-state index in [0.717, 1.165) is 12.1 Å². The maximum atomic E-state index is 14.1. The van der Waals surface area contributed by atoms with Gasteiger partial charge in [0, 0.05) is 11.6 Å². The molecule has 1 fully saturated rings. The fourth-order valence-electron chi connectivity index (χ4n) is 2.06. The molecular formula is C12H12ClFO5S. The third-order valence-electron chi connectivity index (χ3n) is 3.10. The van der Waals surface area contributed by atoms with Crippen molar-refractivity contribution in [3.63, 3.8) is 0 Å². The van der Waals surface area contributed by atoms with Crippen LogP contribution in [0, 0.1) is 5.82 Å². The highest BCUT2D eigenvalue weighted by atomic mass is 35.5. The molecule has 20 heavy (non-hydrogen) atoms. The summed E-state index contributed by atoms with van der Waals surface area (Å²) in [4.78, 5) is 10.2. The molecule has 1 aliphatic heterocycles. The zero-order valence-electron chi connectivity index (χ0n) is 10.3. The van der Waals surface area contributed by atoms with Crippen LogP contribution in [0.4, 0.5) is 4.39 Å². The fraction of sp³-hybridized carbons (Fsp3) is 0.417. The van der Waals surface area contributed by atoms with Crippen LogP contribution < -0.4 is 0 Å². The van der Waals surface area contributed by atoms with Crippen molar-refractivity contribution >= 4 is 27.4 Å². The first-order valence-electron chi connectivity index (χ1n) is 5.88. The number of benzene rings is 1. The third-order valence-corrected chi connectivity index (χ3v) is 5.48. The summed E-state index contributed by atoms with van der Waals surface area (Å²) >= 11 is 5.69. The van der Waals surface area contributed by atoms with Crippen LogP contribution in [0.25, 0.3) is 0 Å². The summed E-state index contributed by atoms with van der Waals surface area (Å²) in [5, 5.41) is 7.85. The Balaban J connectivity index is 2.53. The molecule has 2 rings (SSSR count). The normalized spacial score (nSPS) is 19.8. The molecule has 1 aliphatic rings. The first-order chi connectivity index (χ1) is 9.34. The van der Waals surface area contributed by atoms with Crippen LogP contribution in [0.15, 0.2) is 17.0 Å². The lowest BCUT2D eigenvalue weighted by Gasteiger charge is -2.22. The molecule has 1 aromatic rings. The Morgan fingerprint density at radius 3 is 2.70 bits per heavy atom. The van der Waals surface area contributed by atoms with Gasteiger partial charge in [0.1, 0.15) is 4.90 Å². The van der Waals surface area contributed by atoms with Gasteiger partial charge in [0.2, 0.25) is 0 Å². The number of rotatable bonds is 3. The third kappa shape index (κ3) is 2.79. The number of carboxylic acid groups (broad SMARTS) is 1. The number of hydrogen-bond acceptors (Lipinski definition) is 4. The molecule has 0 bridgehead atoms. The van der Waals surface area contributed by atoms with Crippen LogP contribution in [-0.4, -0.2) is 38.0 Å². The van der Waals surface area contributed by atoms with E-state index in [0.29, 0.717) is 19.4 Å². The minimum absolute atomic E-state index is 0.0311. The largest absolute Gasteiger partial charge is 0.478 e. The number of carboxylic acids is 1. The Morgan fingerprint density at radius 2 is 2.15 bits per heavy atom. The first-order valence-corrected chi connectivity index (χ1v) is 7.80. The zero-order valence-corrected chi connectivity index (χ0v) is 11.9. The van der Waals surface area contributed by atoms with Gasteiger partial charge in [0.05, 0.1) is 17.4 Å². The summed E-state index contributed by atoms with van der Waals surface area (Å²) in [6.45, 7) is 0.432. The van der Waals surface area contributed by atoms with Crippen molar-refractivity contribution in [2.24, 2.45) is 0 Å². The average molecular weight is 323 g/mol. The Bertz CT molecular complexity index is 637. The van der Waals surface area contributed by atoms with Crippen LogP contribution in [0.2, 0.25) is 5.02 Å². The summed E-state index contributed by atoms with van der Waals surface area (Å²) < 4.78 is 43.9. The number of ether oxygens (including phenoxy) is 1. The monoisotopic (exact) mass is 322 g/mol. The van der Waals surface area contributed by atoms with Gasteiger partial charge in [0.15, 0.2) is 15.7 Å². The number of sulfone groups is 1. The average Bonchev–Trinajstić information content (AvgIpc) is 2.41. The highest BCUT2D eigenvalue weighted by Gasteiger charge is 2.33. The van der Waals surface area contributed by atoms with Crippen molar-refractivity contribution in [2.75, 3.05) is 13.2 Å². The van der Waals surface area contributed by atoms with Crippen LogP contribution in [0.3, 0.4) is 0 Å². The van der Waals surface area contributed by atoms with E-state index in [1.54, 1.807) is 0 Å². The minimum atomic E-state index is -4.02. The van der Waals surface area contributed by atoms with Crippen molar-refractivity contribution < 1.29 is 27.4 Å². The topological polar surface area (TPSA) is 80.7 Å². The molecule has 0 aromatic heterocycles. The van der Waals surface area contributed by atoms with Crippen LogP contribution in [-0.2, 0) is 14.6 Å². The molecule has 1 N–H and O–H groups in total.